The minimum Gasteiger partial charge on any atom is -0.466 e. The molecule has 1 atom stereocenters. The number of halogens is 2. The number of nitrogens with zero attached hydrogens (tertiary/aromatic N) is 1. The largest absolute Gasteiger partial charge is 0.466 e. The number of piperidine rings is 1. The molecule has 1 fully saturated rings. The van der Waals surface area contributed by atoms with Gasteiger partial charge in [0, 0.05) is 30.3 Å². The molecule has 0 saturated carbocycles. The molecule has 0 bridgehead atoms. The molecule has 0 unspecified atom stereocenters. The molecule has 0 radical (unpaired) electrons. The van der Waals surface area contributed by atoms with Gasteiger partial charge in [-0.15, -0.1) is 0 Å². The fourth-order valence-electron chi connectivity index (χ4n) is 4.03. The van der Waals surface area contributed by atoms with Crippen molar-refractivity contribution in [2.45, 2.75) is 33.1 Å². The number of amides is 1. The summed E-state index contributed by atoms with van der Waals surface area (Å²) < 4.78 is 33.0. The van der Waals surface area contributed by atoms with Crippen LogP contribution < -0.4 is 0 Å². The molecule has 0 spiro atoms. The number of esters is 1. The SMILES string of the molecule is CCOC(=O)[C@]1(Cc2ccc(F)cc2F)CCCN(C(=O)c2ccc(C(C)=O)cc2)C1. The van der Waals surface area contributed by atoms with E-state index in [1.807, 2.05) is 0 Å². The molecule has 3 rings (SSSR count). The maximum absolute atomic E-state index is 14.3. The summed E-state index contributed by atoms with van der Waals surface area (Å²) in [5.41, 5.74) is -0.0166. The first kappa shape index (κ1) is 22.6. The number of ether oxygens (including phenoxy) is 1. The first-order valence-corrected chi connectivity index (χ1v) is 10.3. The van der Waals surface area contributed by atoms with Crippen molar-refractivity contribution in [3.63, 3.8) is 0 Å². The third-order valence-corrected chi connectivity index (χ3v) is 5.65. The zero-order valence-electron chi connectivity index (χ0n) is 17.6. The third-order valence-electron chi connectivity index (χ3n) is 5.65. The standard InChI is InChI=1S/C24H25F2NO4/c1-3-31-23(30)24(14-19-9-10-20(25)13-21(19)26)11-4-12-27(15-24)22(29)18-7-5-17(6-8-18)16(2)28/h5-10,13H,3-4,11-12,14-15H2,1-2H3/t24-/m0/s1. The predicted octanol–water partition coefficient (Wildman–Crippen LogP) is 4.20. The molecule has 0 aliphatic carbocycles. The number of hydrogen-bond acceptors (Lipinski definition) is 4. The summed E-state index contributed by atoms with van der Waals surface area (Å²) in [7, 11) is 0. The molecular formula is C24H25F2NO4. The van der Waals surface area contributed by atoms with Gasteiger partial charge in [0.1, 0.15) is 11.6 Å². The molecular weight excluding hydrogens is 404 g/mol. The second kappa shape index (κ2) is 9.37. The highest BCUT2D eigenvalue weighted by Gasteiger charge is 2.45. The van der Waals surface area contributed by atoms with E-state index in [2.05, 4.69) is 0 Å². The molecule has 7 heteroatoms. The molecule has 1 aliphatic rings. The number of likely N-dealkylation sites (tertiary alicyclic amines) is 1. The molecule has 31 heavy (non-hydrogen) atoms. The Labute approximate surface area is 180 Å². The average Bonchev–Trinajstić information content (AvgIpc) is 2.75. The van der Waals surface area contributed by atoms with Crippen LogP contribution in [0.3, 0.4) is 0 Å². The van der Waals surface area contributed by atoms with Crippen LogP contribution in [0.2, 0.25) is 0 Å². The molecule has 0 aromatic heterocycles. The van der Waals surface area contributed by atoms with E-state index >= 15 is 0 Å². The zero-order chi connectivity index (χ0) is 22.6. The van der Waals surface area contributed by atoms with Gasteiger partial charge in [-0.3, -0.25) is 14.4 Å². The molecule has 2 aromatic rings. The van der Waals surface area contributed by atoms with Crippen LogP contribution in [0.5, 0.6) is 0 Å². The van der Waals surface area contributed by atoms with E-state index in [0.29, 0.717) is 30.5 Å². The molecule has 1 heterocycles. The molecule has 1 amide bonds. The first-order chi connectivity index (χ1) is 14.8. The van der Waals surface area contributed by atoms with Crippen LogP contribution in [0.15, 0.2) is 42.5 Å². The molecule has 1 aliphatic heterocycles. The molecule has 0 N–H and O–H groups in total. The normalized spacial score (nSPS) is 18.5. The Bertz CT molecular complexity index is 990. The third kappa shape index (κ3) is 4.98. The van der Waals surface area contributed by atoms with Gasteiger partial charge >= 0.3 is 5.97 Å². The van der Waals surface area contributed by atoms with Crippen molar-refractivity contribution in [3.8, 4) is 0 Å². The number of hydrogen-bond donors (Lipinski definition) is 0. The highest BCUT2D eigenvalue weighted by Crippen LogP contribution is 2.36. The minimum absolute atomic E-state index is 0.00496. The van der Waals surface area contributed by atoms with E-state index in [9.17, 15) is 23.2 Å². The van der Waals surface area contributed by atoms with Crippen molar-refractivity contribution in [3.05, 3.63) is 70.8 Å². The van der Waals surface area contributed by atoms with E-state index in [1.54, 1.807) is 36.1 Å². The van der Waals surface area contributed by atoms with Crippen LogP contribution in [-0.2, 0) is 16.0 Å². The maximum Gasteiger partial charge on any atom is 0.314 e. The van der Waals surface area contributed by atoms with E-state index in [0.717, 1.165) is 12.1 Å². The second-order valence-electron chi connectivity index (χ2n) is 7.88. The first-order valence-electron chi connectivity index (χ1n) is 10.3. The van der Waals surface area contributed by atoms with Gasteiger partial charge in [0.15, 0.2) is 5.78 Å². The Balaban J connectivity index is 1.88. The Morgan fingerprint density at radius 2 is 1.74 bits per heavy atom. The zero-order valence-corrected chi connectivity index (χ0v) is 17.6. The summed E-state index contributed by atoms with van der Waals surface area (Å²) in [6.07, 6.45) is 0.972. The highest BCUT2D eigenvalue weighted by molar-refractivity contribution is 5.98. The van der Waals surface area contributed by atoms with Crippen LogP contribution in [-0.4, -0.2) is 42.3 Å². The van der Waals surface area contributed by atoms with Crippen LogP contribution in [0.4, 0.5) is 8.78 Å². The summed E-state index contributed by atoms with van der Waals surface area (Å²) >= 11 is 0. The summed E-state index contributed by atoms with van der Waals surface area (Å²) in [4.78, 5) is 39.0. The molecule has 1 saturated heterocycles. The van der Waals surface area contributed by atoms with Crippen LogP contribution in [0.1, 0.15) is 53.0 Å². The van der Waals surface area contributed by atoms with Gasteiger partial charge in [0.2, 0.25) is 0 Å². The quantitative estimate of drug-likeness (QED) is 0.510. The van der Waals surface area contributed by atoms with Gasteiger partial charge in [-0.25, -0.2) is 8.78 Å². The number of rotatable bonds is 6. The molecule has 2 aromatic carbocycles. The fourth-order valence-corrected chi connectivity index (χ4v) is 4.03. The molecule has 164 valence electrons. The summed E-state index contributed by atoms with van der Waals surface area (Å²) in [5, 5.41) is 0. The second-order valence-corrected chi connectivity index (χ2v) is 7.88. The highest BCUT2D eigenvalue weighted by atomic mass is 19.1. The van der Waals surface area contributed by atoms with E-state index in [1.165, 1.54) is 13.0 Å². The predicted molar refractivity (Wildman–Crippen MR) is 111 cm³/mol. The number of Topliss-reactive ketones (excluding diaryl/α,β-unsaturated/α-hetero) is 1. The molecule has 5 nitrogen and oxygen atoms in total. The van der Waals surface area contributed by atoms with E-state index < -0.39 is 23.0 Å². The Morgan fingerprint density at radius 3 is 2.35 bits per heavy atom. The van der Waals surface area contributed by atoms with Crippen LogP contribution >= 0.6 is 0 Å². The average molecular weight is 429 g/mol. The Hall–Kier alpha value is -3.09. The lowest BCUT2D eigenvalue weighted by molar-refractivity contribution is -0.158. The van der Waals surface area contributed by atoms with Gasteiger partial charge in [0.25, 0.3) is 5.91 Å². The number of carbonyl (C=O) groups excluding carboxylic acids is 3. The van der Waals surface area contributed by atoms with Gasteiger partial charge < -0.3 is 9.64 Å². The lowest BCUT2D eigenvalue weighted by atomic mass is 9.74. The number of carbonyl (C=O) groups is 3. The lowest BCUT2D eigenvalue weighted by Crippen LogP contribution is -2.51. The Morgan fingerprint density at radius 1 is 1.06 bits per heavy atom. The number of benzene rings is 2. The van der Waals surface area contributed by atoms with Crippen LogP contribution in [0.25, 0.3) is 0 Å². The van der Waals surface area contributed by atoms with Gasteiger partial charge in [0.05, 0.1) is 12.0 Å². The van der Waals surface area contributed by atoms with Gasteiger partial charge in [-0.2, -0.15) is 0 Å². The smallest absolute Gasteiger partial charge is 0.314 e. The van der Waals surface area contributed by atoms with E-state index in [4.69, 9.17) is 4.74 Å². The number of ketones is 1. The summed E-state index contributed by atoms with van der Waals surface area (Å²) in [5.74, 6) is -2.29. The summed E-state index contributed by atoms with van der Waals surface area (Å²) in [6, 6.07) is 9.61. The van der Waals surface area contributed by atoms with Crippen molar-refractivity contribution < 1.29 is 27.9 Å². The maximum atomic E-state index is 14.3. The Kier molecular flexibility index (Phi) is 6.83. The van der Waals surface area contributed by atoms with Gasteiger partial charge in [-0.1, -0.05) is 18.2 Å². The monoisotopic (exact) mass is 429 g/mol. The van der Waals surface area contributed by atoms with Crippen molar-refractivity contribution >= 4 is 17.7 Å². The van der Waals surface area contributed by atoms with Crippen molar-refractivity contribution in [2.75, 3.05) is 19.7 Å². The topological polar surface area (TPSA) is 63.7 Å². The van der Waals surface area contributed by atoms with E-state index in [-0.39, 0.29) is 36.8 Å². The van der Waals surface area contributed by atoms with Crippen molar-refractivity contribution in [1.29, 1.82) is 0 Å². The minimum atomic E-state index is -1.12. The van der Waals surface area contributed by atoms with Crippen LogP contribution in [0, 0.1) is 17.0 Å². The summed E-state index contributed by atoms with van der Waals surface area (Å²) in [6.45, 7) is 3.80. The van der Waals surface area contributed by atoms with Gasteiger partial charge in [-0.05, 0) is 56.9 Å². The van der Waals surface area contributed by atoms with Crippen molar-refractivity contribution in [2.24, 2.45) is 5.41 Å². The van der Waals surface area contributed by atoms with Crippen molar-refractivity contribution in [1.82, 2.24) is 4.90 Å². The lowest BCUT2D eigenvalue weighted by Gasteiger charge is -2.41. The fraction of sp³-hybridized carbons (Fsp3) is 0.375.